The van der Waals surface area contributed by atoms with Gasteiger partial charge in [0.25, 0.3) is 0 Å². The predicted octanol–water partition coefficient (Wildman–Crippen LogP) is 2.17. The topological polar surface area (TPSA) is 67.2 Å². The maximum absolute atomic E-state index is 13.1. The van der Waals surface area contributed by atoms with Crippen LogP contribution in [0.15, 0.2) is 36.9 Å². The highest BCUT2D eigenvalue weighted by atomic mass is 16.2. The molecule has 2 aliphatic rings. The summed E-state index contributed by atoms with van der Waals surface area (Å²) >= 11 is 0. The van der Waals surface area contributed by atoms with E-state index in [-0.39, 0.29) is 11.8 Å². The van der Waals surface area contributed by atoms with Crippen molar-refractivity contribution in [3.8, 4) is 0 Å². The minimum absolute atomic E-state index is 0.0773. The van der Waals surface area contributed by atoms with Crippen LogP contribution in [0.1, 0.15) is 18.4 Å². The molecule has 4 heterocycles. The van der Waals surface area contributed by atoms with Crippen molar-refractivity contribution in [3.05, 3.63) is 42.5 Å². The monoisotopic (exact) mass is 362 g/mol. The van der Waals surface area contributed by atoms with Crippen molar-refractivity contribution in [1.82, 2.24) is 19.5 Å². The van der Waals surface area contributed by atoms with Gasteiger partial charge >= 0.3 is 0 Å². The van der Waals surface area contributed by atoms with Crippen molar-refractivity contribution in [1.29, 1.82) is 0 Å². The number of para-hydroxylation sites is 1. The summed E-state index contributed by atoms with van der Waals surface area (Å²) in [6, 6.07) is 8.25. The minimum atomic E-state index is 0.0773. The normalized spacial score (nSPS) is 17.5. The first-order chi connectivity index (χ1) is 13.2. The van der Waals surface area contributed by atoms with Crippen LogP contribution in [0, 0.1) is 5.92 Å². The predicted molar refractivity (Wildman–Crippen MR) is 104 cm³/mol. The largest absolute Gasteiger partial charge is 0.355 e. The van der Waals surface area contributed by atoms with Crippen LogP contribution in [0.25, 0.3) is 11.2 Å². The van der Waals surface area contributed by atoms with Gasteiger partial charge in [-0.25, -0.2) is 15.0 Å². The third-order valence-electron chi connectivity index (χ3n) is 5.77. The molecule has 1 amide bonds. The first kappa shape index (κ1) is 16.2. The third kappa shape index (κ3) is 2.65. The van der Waals surface area contributed by atoms with Crippen LogP contribution in [0.4, 0.5) is 11.5 Å². The van der Waals surface area contributed by atoms with E-state index in [1.54, 1.807) is 12.7 Å². The van der Waals surface area contributed by atoms with Gasteiger partial charge in [-0.1, -0.05) is 18.2 Å². The number of hydrogen-bond donors (Lipinski definition) is 0. The van der Waals surface area contributed by atoms with Gasteiger partial charge in [-0.2, -0.15) is 0 Å². The number of anilines is 2. The van der Waals surface area contributed by atoms with Crippen LogP contribution in [-0.4, -0.2) is 45.1 Å². The molecule has 0 saturated carbocycles. The van der Waals surface area contributed by atoms with Gasteiger partial charge in [0.05, 0.1) is 6.33 Å². The van der Waals surface area contributed by atoms with Crippen LogP contribution in [-0.2, 0) is 18.3 Å². The summed E-state index contributed by atoms with van der Waals surface area (Å²) in [6.45, 7) is 2.43. The number of imidazole rings is 1. The van der Waals surface area contributed by atoms with Crippen molar-refractivity contribution in [2.24, 2.45) is 13.0 Å². The maximum Gasteiger partial charge on any atom is 0.230 e. The van der Waals surface area contributed by atoms with Crippen molar-refractivity contribution >= 4 is 28.6 Å². The standard InChI is InChI=1S/C20H22N6O/c1-24-13-23-17-18(24)21-12-22-19(17)25-9-6-15(7-10-25)20(27)26-11-8-14-4-2-3-5-16(14)26/h2-5,12-13,15H,6-11H2,1H3. The molecule has 0 radical (unpaired) electrons. The summed E-state index contributed by atoms with van der Waals surface area (Å²) in [4.78, 5) is 30.5. The number of aryl methyl sites for hydroxylation is 1. The van der Waals surface area contributed by atoms with Crippen molar-refractivity contribution in [3.63, 3.8) is 0 Å². The van der Waals surface area contributed by atoms with Gasteiger partial charge in [0.1, 0.15) is 6.33 Å². The zero-order valence-electron chi connectivity index (χ0n) is 15.4. The van der Waals surface area contributed by atoms with Crippen LogP contribution >= 0.6 is 0 Å². The van der Waals surface area contributed by atoms with Gasteiger partial charge in [-0.05, 0) is 30.9 Å². The number of benzene rings is 1. The lowest BCUT2D eigenvalue weighted by atomic mass is 9.95. The zero-order chi connectivity index (χ0) is 18.4. The number of rotatable bonds is 2. The molecule has 1 aromatic carbocycles. The molecular weight excluding hydrogens is 340 g/mol. The van der Waals surface area contributed by atoms with E-state index in [4.69, 9.17) is 0 Å². The van der Waals surface area contributed by atoms with Gasteiger partial charge in [0.2, 0.25) is 5.91 Å². The average Bonchev–Trinajstić information content (AvgIpc) is 3.32. The highest BCUT2D eigenvalue weighted by Crippen LogP contribution is 2.32. The number of aromatic nitrogens is 4. The molecular formula is C20H22N6O. The second-order valence-electron chi connectivity index (χ2n) is 7.35. The Morgan fingerprint density at radius 3 is 2.74 bits per heavy atom. The summed E-state index contributed by atoms with van der Waals surface area (Å²) in [5.41, 5.74) is 4.04. The molecule has 1 fully saturated rings. The molecule has 0 aliphatic carbocycles. The van der Waals surface area contributed by atoms with Gasteiger partial charge in [-0.15, -0.1) is 0 Å². The van der Waals surface area contributed by atoms with E-state index in [1.165, 1.54) is 5.56 Å². The number of carbonyl (C=O) groups excluding carboxylic acids is 1. The summed E-state index contributed by atoms with van der Waals surface area (Å²) in [7, 11) is 1.94. The first-order valence-corrected chi connectivity index (χ1v) is 9.48. The fraction of sp³-hybridized carbons (Fsp3) is 0.400. The lowest BCUT2D eigenvalue weighted by Crippen LogP contribution is -2.42. The molecule has 0 N–H and O–H groups in total. The number of carbonyl (C=O) groups is 1. The van der Waals surface area contributed by atoms with E-state index in [1.807, 2.05) is 28.6 Å². The van der Waals surface area contributed by atoms with Crippen LogP contribution in [0.2, 0.25) is 0 Å². The fourth-order valence-corrected chi connectivity index (χ4v) is 4.29. The molecule has 1 saturated heterocycles. The molecule has 2 aliphatic heterocycles. The Morgan fingerprint density at radius 2 is 1.89 bits per heavy atom. The molecule has 0 spiro atoms. The lowest BCUT2D eigenvalue weighted by molar-refractivity contribution is -0.122. The molecule has 5 rings (SSSR count). The molecule has 3 aromatic rings. The SMILES string of the molecule is Cn1cnc2c(N3CCC(C(=O)N4CCc5ccccc54)CC3)ncnc21. The van der Waals surface area contributed by atoms with Gasteiger partial charge in [-0.3, -0.25) is 4.79 Å². The summed E-state index contributed by atoms with van der Waals surface area (Å²) in [5, 5.41) is 0. The number of fused-ring (bicyclic) bond motifs is 2. The second kappa shape index (κ2) is 6.33. The Hall–Kier alpha value is -2.96. The number of piperidine rings is 1. The number of nitrogens with zero attached hydrogens (tertiary/aromatic N) is 6. The van der Waals surface area contributed by atoms with Gasteiger partial charge < -0.3 is 14.4 Å². The highest BCUT2D eigenvalue weighted by Gasteiger charge is 2.33. The quantitative estimate of drug-likeness (QED) is 0.699. The molecule has 0 atom stereocenters. The first-order valence-electron chi connectivity index (χ1n) is 9.48. The van der Waals surface area contributed by atoms with E-state index in [2.05, 4.69) is 32.0 Å². The average molecular weight is 362 g/mol. The molecule has 7 nitrogen and oxygen atoms in total. The van der Waals surface area contributed by atoms with Crippen LogP contribution in [0.3, 0.4) is 0 Å². The molecule has 0 unspecified atom stereocenters. The van der Waals surface area contributed by atoms with Crippen molar-refractivity contribution in [2.75, 3.05) is 29.4 Å². The van der Waals surface area contributed by atoms with Gasteiger partial charge in [0.15, 0.2) is 17.0 Å². The molecule has 0 bridgehead atoms. The second-order valence-corrected chi connectivity index (χ2v) is 7.35. The van der Waals surface area contributed by atoms with E-state index < -0.39 is 0 Å². The van der Waals surface area contributed by atoms with Crippen LogP contribution < -0.4 is 9.80 Å². The summed E-state index contributed by atoms with van der Waals surface area (Å²) in [6.07, 6.45) is 6.01. The molecule has 27 heavy (non-hydrogen) atoms. The molecule has 2 aromatic heterocycles. The Morgan fingerprint density at radius 1 is 1.07 bits per heavy atom. The third-order valence-corrected chi connectivity index (χ3v) is 5.77. The minimum Gasteiger partial charge on any atom is -0.355 e. The smallest absolute Gasteiger partial charge is 0.230 e. The van der Waals surface area contributed by atoms with Crippen molar-refractivity contribution in [2.45, 2.75) is 19.3 Å². The Labute approximate surface area is 157 Å². The fourth-order valence-electron chi connectivity index (χ4n) is 4.29. The van der Waals surface area contributed by atoms with E-state index >= 15 is 0 Å². The van der Waals surface area contributed by atoms with E-state index in [0.29, 0.717) is 0 Å². The Kier molecular flexibility index (Phi) is 3.81. The highest BCUT2D eigenvalue weighted by molar-refractivity contribution is 5.97. The zero-order valence-corrected chi connectivity index (χ0v) is 15.4. The summed E-state index contributed by atoms with van der Waals surface area (Å²) in [5.74, 6) is 1.22. The number of hydrogen-bond acceptors (Lipinski definition) is 5. The molecule has 7 heteroatoms. The molecule has 138 valence electrons. The van der Waals surface area contributed by atoms with Crippen LogP contribution in [0.5, 0.6) is 0 Å². The van der Waals surface area contributed by atoms with Gasteiger partial charge in [0, 0.05) is 38.3 Å². The lowest BCUT2D eigenvalue weighted by Gasteiger charge is -2.34. The van der Waals surface area contributed by atoms with E-state index in [9.17, 15) is 4.79 Å². The Bertz CT molecular complexity index is 1000. The summed E-state index contributed by atoms with van der Waals surface area (Å²) < 4.78 is 1.90. The number of amides is 1. The Balaban J connectivity index is 1.31. The van der Waals surface area contributed by atoms with E-state index in [0.717, 1.165) is 61.6 Å². The maximum atomic E-state index is 13.1. The van der Waals surface area contributed by atoms with Crippen molar-refractivity contribution < 1.29 is 4.79 Å².